The van der Waals surface area contributed by atoms with Crippen LogP contribution in [0.3, 0.4) is 0 Å². The minimum atomic E-state index is 0.765. The molecule has 0 aliphatic heterocycles. The largest absolute Gasteiger partial charge is 0.497 e. The first-order valence-corrected chi connectivity index (χ1v) is 7.59. The van der Waals surface area contributed by atoms with Gasteiger partial charge in [0.1, 0.15) is 5.75 Å². The van der Waals surface area contributed by atoms with E-state index in [-0.39, 0.29) is 0 Å². The molecule has 2 heteroatoms. The summed E-state index contributed by atoms with van der Waals surface area (Å²) in [6, 6.07) is 8.55. The third-order valence-electron chi connectivity index (χ3n) is 4.32. The molecule has 1 N–H and O–H groups in total. The lowest BCUT2D eigenvalue weighted by Gasteiger charge is -2.20. The Morgan fingerprint density at radius 1 is 1.21 bits per heavy atom. The van der Waals surface area contributed by atoms with Gasteiger partial charge in [0.25, 0.3) is 0 Å². The second-order valence-corrected chi connectivity index (χ2v) is 5.86. The van der Waals surface area contributed by atoms with Gasteiger partial charge in [-0.25, -0.2) is 0 Å². The number of nitrogens with one attached hydrogen (secondary N) is 1. The molecule has 0 amide bonds. The minimum Gasteiger partial charge on any atom is -0.497 e. The third-order valence-corrected chi connectivity index (χ3v) is 4.32. The van der Waals surface area contributed by atoms with Gasteiger partial charge in [0, 0.05) is 0 Å². The zero-order valence-electron chi connectivity index (χ0n) is 12.3. The number of methoxy groups -OCH3 is 1. The van der Waals surface area contributed by atoms with Gasteiger partial charge in [-0.15, -0.1) is 0 Å². The van der Waals surface area contributed by atoms with E-state index in [9.17, 15) is 0 Å². The Hall–Kier alpha value is -1.02. The molecule has 0 saturated heterocycles. The number of hydrogen-bond acceptors (Lipinski definition) is 2. The van der Waals surface area contributed by atoms with E-state index < -0.39 is 0 Å². The summed E-state index contributed by atoms with van der Waals surface area (Å²) >= 11 is 0. The zero-order valence-corrected chi connectivity index (χ0v) is 12.3. The molecule has 0 bridgehead atoms. The van der Waals surface area contributed by atoms with Crippen LogP contribution >= 0.6 is 0 Å². The summed E-state index contributed by atoms with van der Waals surface area (Å²) in [5, 5.41) is 3.36. The fourth-order valence-corrected chi connectivity index (χ4v) is 3.34. The first kappa shape index (κ1) is 14.4. The van der Waals surface area contributed by atoms with Crippen molar-refractivity contribution in [2.75, 3.05) is 20.7 Å². The smallest absolute Gasteiger partial charge is 0.118 e. The SMILES string of the molecule is CNCC(Cc1ccc(OC)cc1)CC1CCCC1. The van der Waals surface area contributed by atoms with Crippen molar-refractivity contribution in [3.05, 3.63) is 29.8 Å². The van der Waals surface area contributed by atoms with Crippen LogP contribution in [-0.4, -0.2) is 20.7 Å². The summed E-state index contributed by atoms with van der Waals surface area (Å²) in [5.41, 5.74) is 1.43. The van der Waals surface area contributed by atoms with Crippen LogP contribution in [0.15, 0.2) is 24.3 Å². The lowest BCUT2D eigenvalue weighted by atomic mass is 9.88. The third kappa shape index (κ3) is 4.54. The molecule has 1 aliphatic carbocycles. The lowest BCUT2D eigenvalue weighted by Crippen LogP contribution is -2.22. The van der Waals surface area contributed by atoms with Crippen LogP contribution in [0, 0.1) is 11.8 Å². The molecule has 106 valence electrons. The van der Waals surface area contributed by atoms with Crippen LogP contribution in [0.25, 0.3) is 0 Å². The van der Waals surface area contributed by atoms with Crippen LogP contribution in [0.4, 0.5) is 0 Å². The maximum atomic E-state index is 5.22. The van der Waals surface area contributed by atoms with E-state index in [2.05, 4.69) is 36.6 Å². The predicted molar refractivity (Wildman–Crippen MR) is 80.7 cm³/mol. The molecule has 1 aromatic rings. The van der Waals surface area contributed by atoms with Crippen molar-refractivity contribution in [3.63, 3.8) is 0 Å². The summed E-state index contributed by atoms with van der Waals surface area (Å²) in [4.78, 5) is 0. The van der Waals surface area contributed by atoms with Crippen molar-refractivity contribution in [1.29, 1.82) is 0 Å². The zero-order chi connectivity index (χ0) is 13.5. The standard InChI is InChI=1S/C17H27NO/c1-18-13-16(11-14-5-3-4-6-14)12-15-7-9-17(19-2)10-8-15/h7-10,14,16,18H,3-6,11-13H2,1-2H3. The Bertz CT molecular complexity index is 354. The summed E-state index contributed by atoms with van der Waals surface area (Å²) in [6.45, 7) is 1.13. The molecule has 0 spiro atoms. The van der Waals surface area contributed by atoms with Crippen molar-refractivity contribution in [1.82, 2.24) is 5.32 Å². The van der Waals surface area contributed by atoms with Crippen molar-refractivity contribution >= 4 is 0 Å². The molecule has 1 fully saturated rings. The number of hydrogen-bond donors (Lipinski definition) is 1. The molecule has 1 atom stereocenters. The summed E-state index contributed by atoms with van der Waals surface area (Å²) in [7, 11) is 3.79. The maximum Gasteiger partial charge on any atom is 0.118 e. The Balaban J connectivity index is 1.90. The summed E-state index contributed by atoms with van der Waals surface area (Å²) in [5.74, 6) is 2.68. The fourth-order valence-electron chi connectivity index (χ4n) is 3.34. The van der Waals surface area contributed by atoms with E-state index >= 15 is 0 Å². The Kier molecular flexibility index (Phi) is 5.71. The van der Waals surface area contributed by atoms with Crippen molar-refractivity contribution in [2.45, 2.75) is 38.5 Å². The topological polar surface area (TPSA) is 21.3 Å². The number of ether oxygens (including phenoxy) is 1. The molecule has 2 nitrogen and oxygen atoms in total. The molecular formula is C17H27NO. The number of benzene rings is 1. The lowest BCUT2D eigenvalue weighted by molar-refractivity contribution is 0.364. The fraction of sp³-hybridized carbons (Fsp3) is 0.647. The Morgan fingerprint density at radius 2 is 1.89 bits per heavy atom. The van der Waals surface area contributed by atoms with Gasteiger partial charge in [0.2, 0.25) is 0 Å². The quantitative estimate of drug-likeness (QED) is 0.809. The van der Waals surface area contributed by atoms with E-state index in [4.69, 9.17) is 4.74 Å². The highest BCUT2D eigenvalue weighted by Gasteiger charge is 2.20. The van der Waals surface area contributed by atoms with Crippen molar-refractivity contribution in [3.8, 4) is 5.75 Å². The molecule has 2 rings (SSSR count). The minimum absolute atomic E-state index is 0.765. The molecule has 1 aliphatic rings. The van der Waals surface area contributed by atoms with Gasteiger partial charge in [-0.05, 0) is 56.0 Å². The Morgan fingerprint density at radius 3 is 2.47 bits per heavy atom. The first-order chi connectivity index (χ1) is 9.31. The molecule has 0 aromatic heterocycles. The molecule has 1 aromatic carbocycles. The van der Waals surface area contributed by atoms with Gasteiger partial charge in [0.15, 0.2) is 0 Å². The highest BCUT2D eigenvalue weighted by Crippen LogP contribution is 2.31. The van der Waals surface area contributed by atoms with E-state index in [1.165, 1.54) is 44.1 Å². The van der Waals surface area contributed by atoms with Crippen molar-refractivity contribution < 1.29 is 4.74 Å². The van der Waals surface area contributed by atoms with Crippen LogP contribution < -0.4 is 10.1 Å². The maximum absolute atomic E-state index is 5.22. The second-order valence-electron chi connectivity index (χ2n) is 5.86. The monoisotopic (exact) mass is 261 g/mol. The molecule has 0 heterocycles. The van der Waals surface area contributed by atoms with Gasteiger partial charge >= 0.3 is 0 Å². The van der Waals surface area contributed by atoms with Gasteiger partial charge < -0.3 is 10.1 Å². The summed E-state index contributed by atoms with van der Waals surface area (Å²) in [6.07, 6.45) is 8.35. The summed E-state index contributed by atoms with van der Waals surface area (Å²) < 4.78 is 5.22. The van der Waals surface area contributed by atoms with E-state index in [0.717, 1.165) is 24.1 Å². The number of rotatable bonds is 7. The highest BCUT2D eigenvalue weighted by molar-refractivity contribution is 5.27. The molecule has 0 radical (unpaired) electrons. The van der Waals surface area contributed by atoms with E-state index in [1.54, 1.807) is 7.11 Å². The average molecular weight is 261 g/mol. The highest BCUT2D eigenvalue weighted by atomic mass is 16.5. The van der Waals surface area contributed by atoms with Crippen molar-refractivity contribution in [2.24, 2.45) is 11.8 Å². The van der Waals surface area contributed by atoms with Gasteiger partial charge in [-0.2, -0.15) is 0 Å². The molecule has 19 heavy (non-hydrogen) atoms. The average Bonchev–Trinajstić information content (AvgIpc) is 2.93. The van der Waals surface area contributed by atoms with Gasteiger partial charge in [0.05, 0.1) is 7.11 Å². The van der Waals surface area contributed by atoms with Crippen LogP contribution in [0.5, 0.6) is 5.75 Å². The first-order valence-electron chi connectivity index (χ1n) is 7.59. The Labute approximate surface area is 117 Å². The molecule has 1 unspecified atom stereocenters. The predicted octanol–water partition coefficient (Wildman–Crippen LogP) is 3.65. The molecular weight excluding hydrogens is 234 g/mol. The van der Waals surface area contributed by atoms with Crippen LogP contribution in [0.1, 0.15) is 37.7 Å². The van der Waals surface area contributed by atoms with Crippen LogP contribution in [-0.2, 0) is 6.42 Å². The second kappa shape index (κ2) is 7.54. The van der Waals surface area contributed by atoms with Crippen LogP contribution in [0.2, 0.25) is 0 Å². The van der Waals surface area contributed by atoms with E-state index in [0.29, 0.717) is 0 Å². The van der Waals surface area contributed by atoms with Gasteiger partial charge in [-0.1, -0.05) is 37.8 Å². The molecule has 1 saturated carbocycles. The van der Waals surface area contributed by atoms with E-state index in [1.807, 2.05) is 0 Å². The normalized spacial score (nSPS) is 17.6. The van der Waals surface area contributed by atoms with Gasteiger partial charge in [-0.3, -0.25) is 0 Å².